The Hall–Kier alpha value is -2.13. The van der Waals surface area contributed by atoms with Gasteiger partial charge >= 0.3 is 0 Å². The summed E-state index contributed by atoms with van der Waals surface area (Å²) in [5.41, 5.74) is 2.08. The Labute approximate surface area is 109 Å². The number of fused-ring (bicyclic) bond motifs is 1. The predicted octanol–water partition coefficient (Wildman–Crippen LogP) is 4.17. The van der Waals surface area contributed by atoms with Crippen molar-refractivity contribution in [2.45, 2.75) is 0 Å². The Morgan fingerprint density at radius 1 is 0.944 bits per heavy atom. The largest absolute Gasteiger partial charge is 0.508 e. The minimum absolute atomic E-state index is 0.284. The molecule has 0 amide bonds. The maximum Gasteiger partial charge on any atom is 0.117 e. The highest BCUT2D eigenvalue weighted by molar-refractivity contribution is 7.19. The number of nitrogens with zero attached hydrogens (tertiary/aromatic N) is 1. The molecule has 18 heavy (non-hydrogen) atoms. The van der Waals surface area contributed by atoms with Gasteiger partial charge in [-0.15, -0.1) is 11.3 Å². The molecule has 0 aliphatic rings. The third-order valence-corrected chi connectivity index (χ3v) is 3.62. The molecule has 0 aliphatic carbocycles. The molecule has 1 aromatic heterocycles. The molecule has 0 radical (unpaired) electrons. The molecule has 0 saturated carbocycles. The van der Waals surface area contributed by atoms with Crippen LogP contribution in [0.2, 0.25) is 0 Å². The molecule has 2 aromatic carbocycles. The number of para-hydroxylation sites is 1. The lowest BCUT2D eigenvalue weighted by Gasteiger charge is -1.92. The van der Waals surface area contributed by atoms with E-state index in [1.807, 2.05) is 42.5 Å². The highest BCUT2D eigenvalue weighted by Gasteiger charge is 1.99. The zero-order valence-corrected chi connectivity index (χ0v) is 10.4. The highest BCUT2D eigenvalue weighted by atomic mass is 32.1. The van der Waals surface area contributed by atoms with Crippen LogP contribution in [0.4, 0.5) is 0 Å². The molecule has 0 atom stereocenters. The van der Waals surface area contributed by atoms with Crippen molar-refractivity contribution in [3.63, 3.8) is 0 Å². The van der Waals surface area contributed by atoms with Crippen molar-refractivity contribution < 1.29 is 5.11 Å². The second-order valence-corrected chi connectivity index (χ2v) is 5.01. The van der Waals surface area contributed by atoms with Crippen molar-refractivity contribution in [2.24, 2.45) is 0 Å². The lowest BCUT2D eigenvalue weighted by Crippen LogP contribution is -1.71. The highest BCUT2D eigenvalue weighted by Crippen LogP contribution is 2.23. The van der Waals surface area contributed by atoms with E-state index in [9.17, 15) is 5.11 Å². The van der Waals surface area contributed by atoms with Gasteiger partial charge in [0.2, 0.25) is 0 Å². The summed E-state index contributed by atoms with van der Waals surface area (Å²) in [5.74, 6) is 0.284. The van der Waals surface area contributed by atoms with Gasteiger partial charge in [0.05, 0.1) is 10.2 Å². The third-order valence-electron chi connectivity index (χ3n) is 2.62. The first-order valence-electron chi connectivity index (χ1n) is 5.64. The van der Waals surface area contributed by atoms with E-state index >= 15 is 0 Å². The molecule has 1 heterocycles. The Bertz CT molecular complexity index is 665. The molecule has 0 spiro atoms. The zero-order valence-electron chi connectivity index (χ0n) is 9.58. The van der Waals surface area contributed by atoms with Gasteiger partial charge in [-0.3, -0.25) is 0 Å². The molecule has 0 unspecified atom stereocenters. The van der Waals surface area contributed by atoms with Crippen LogP contribution in [-0.2, 0) is 0 Å². The van der Waals surface area contributed by atoms with Gasteiger partial charge in [-0.1, -0.05) is 30.3 Å². The van der Waals surface area contributed by atoms with E-state index in [4.69, 9.17) is 0 Å². The van der Waals surface area contributed by atoms with Gasteiger partial charge in [0.1, 0.15) is 10.8 Å². The lowest BCUT2D eigenvalue weighted by molar-refractivity contribution is 0.475. The van der Waals surface area contributed by atoms with Crippen molar-refractivity contribution in [1.29, 1.82) is 0 Å². The SMILES string of the molecule is Oc1ccc(C=Cc2nc3ccccc3s2)cc1. The van der Waals surface area contributed by atoms with E-state index in [0.717, 1.165) is 16.1 Å². The van der Waals surface area contributed by atoms with Crippen LogP contribution in [0.1, 0.15) is 10.6 Å². The van der Waals surface area contributed by atoms with E-state index in [2.05, 4.69) is 11.1 Å². The van der Waals surface area contributed by atoms with E-state index in [0.29, 0.717) is 0 Å². The van der Waals surface area contributed by atoms with Crippen LogP contribution >= 0.6 is 11.3 Å². The smallest absolute Gasteiger partial charge is 0.117 e. The molecule has 1 N–H and O–H groups in total. The molecular formula is C15H11NOS. The maximum atomic E-state index is 9.20. The zero-order chi connectivity index (χ0) is 12.4. The fourth-order valence-electron chi connectivity index (χ4n) is 1.71. The first-order chi connectivity index (χ1) is 8.81. The fraction of sp³-hybridized carbons (Fsp3) is 0. The number of aromatic nitrogens is 1. The number of aromatic hydroxyl groups is 1. The third kappa shape index (κ3) is 2.26. The quantitative estimate of drug-likeness (QED) is 0.743. The van der Waals surface area contributed by atoms with Crippen molar-refractivity contribution in [3.8, 4) is 5.75 Å². The van der Waals surface area contributed by atoms with Crippen molar-refractivity contribution in [1.82, 2.24) is 4.98 Å². The Kier molecular flexibility index (Phi) is 2.82. The summed E-state index contributed by atoms with van der Waals surface area (Å²) in [6.45, 7) is 0. The lowest BCUT2D eigenvalue weighted by atomic mass is 10.2. The van der Waals surface area contributed by atoms with Gasteiger partial charge in [0, 0.05) is 0 Å². The van der Waals surface area contributed by atoms with Crippen LogP contribution in [0.15, 0.2) is 48.5 Å². The van der Waals surface area contributed by atoms with Gasteiger partial charge < -0.3 is 5.11 Å². The second-order valence-electron chi connectivity index (χ2n) is 3.94. The van der Waals surface area contributed by atoms with Crippen LogP contribution < -0.4 is 0 Å². The first-order valence-corrected chi connectivity index (χ1v) is 6.45. The predicted molar refractivity (Wildman–Crippen MR) is 76.7 cm³/mol. The van der Waals surface area contributed by atoms with E-state index in [1.54, 1.807) is 23.5 Å². The van der Waals surface area contributed by atoms with Crippen molar-refractivity contribution in [2.75, 3.05) is 0 Å². The van der Waals surface area contributed by atoms with Crippen LogP contribution in [0, 0.1) is 0 Å². The summed E-state index contributed by atoms with van der Waals surface area (Å²) in [4.78, 5) is 4.53. The van der Waals surface area contributed by atoms with Gasteiger partial charge in [0.25, 0.3) is 0 Å². The van der Waals surface area contributed by atoms with E-state index in [-0.39, 0.29) is 5.75 Å². The molecule has 88 valence electrons. The summed E-state index contributed by atoms with van der Waals surface area (Å²) in [7, 11) is 0. The number of hydrogen-bond donors (Lipinski definition) is 1. The molecule has 3 aromatic rings. The Morgan fingerprint density at radius 2 is 1.72 bits per heavy atom. The van der Waals surface area contributed by atoms with E-state index in [1.165, 1.54) is 4.70 Å². The minimum Gasteiger partial charge on any atom is -0.508 e. The average Bonchev–Trinajstić information content (AvgIpc) is 2.81. The molecule has 0 bridgehead atoms. The maximum absolute atomic E-state index is 9.20. The summed E-state index contributed by atoms with van der Waals surface area (Å²) in [6, 6.07) is 15.2. The monoisotopic (exact) mass is 253 g/mol. The number of hydrogen-bond acceptors (Lipinski definition) is 3. The van der Waals surface area contributed by atoms with Crippen LogP contribution in [-0.4, -0.2) is 10.1 Å². The number of benzene rings is 2. The molecule has 0 aliphatic heterocycles. The molecule has 0 fully saturated rings. The summed E-state index contributed by atoms with van der Waals surface area (Å²) < 4.78 is 1.20. The number of phenolic OH excluding ortho intramolecular Hbond substituents is 1. The second kappa shape index (κ2) is 4.63. The van der Waals surface area contributed by atoms with Gasteiger partial charge in [0.15, 0.2) is 0 Å². The first kappa shape index (κ1) is 11.0. The van der Waals surface area contributed by atoms with Gasteiger partial charge in [-0.25, -0.2) is 4.98 Å². The normalized spacial score (nSPS) is 11.3. The standard InChI is InChI=1S/C15H11NOS/c17-12-8-5-11(6-9-12)7-10-15-16-13-3-1-2-4-14(13)18-15/h1-10,17H. The number of phenols is 1. The van der Waals surface area contributed by atoms with Crippen LogP contribution in [0.5, 0.6) is 5.75 Å². The molecule has 2 nitrogen and oxygen atoms in total. The number of thiazole rings is 1. The van der Waals surface area contributed by atoms with Crippen molar-refractivity contribution in [3.05, 3.63) is 59.1 Å². The van der Waals surface area contributed by atoms with Crippen molar-refractivity contribution >= 4 is 33.7 Å². The molecule has 0 saturated heterocycles. The number of rotatable bonds is 2. The average molecular weight is 253 g/mol. The summed E-state index contributed by atoms with van der Waals surface area (Å²) in [6.07, 6.45) is 3.99. The van der Waals surface area contributed by atoms with Crippen LogP contribution in [0.3, 0.4) is 0 Å². The molecular weight excluding hydrogens is 242 g/mol. The van der Waals surface area contributed by atoms with Crippen LogP contribution in [0.25, 0.3) is 22.4 Å². The van der Waals surface area contributed by atoms with E-state index < -0.39 is 0 Å². The Morgan fingerprint density at radius 3 is 2.50 bits per heavy atom. The topological polar surface area (TPSA) is 33.1 Å². The Balaban J connectivity index is 1.89. The minimum atomic E-state index is 0.284. The fourth-order valence-corrected chi connectivity index (χ4v) is 2.58. The summed E-state index contributed by atoms with van der Waals surface area (Å²) in [5, 5.41) is 10.2. The molecule has 3 rings (SSSR count). The van der Waals surface area contributed by atoms with Gasteiger partial charge in [-0.2, -0.15) is 0 Å². The summed E-state index contributed by atoms with van der Waals surface area (Å²) >= 11 is 1.67. The molecule has 3 heteroatoms. The van der Waals surface area contributed by atoms with Gasteiger partial charge in [-0.05, 0) is 35.9 Å².